The molecule has 0 spiro atoms. The fourth-order valence-corrected chi connectivity index (χ4v) is 9.89. The molecule has 13 aromatic rings. The van der Waals surface area contributed by atoms with E-state index in [1.807, 2.05) is 12.1 Å². The van der Waals surface area contributed by atoms with E-state index in [4.69, 9.17) is 9.97 Å². The molecule has 0 N–H and O–H groups in total. The summed E-state index contributed by atoms with van der Waals surface area (Å²) in [6, 6.07) is 78.5. The van der Waals surface area contributed by atoms with E-state index in [9.17, 15) is 0 Å². The van der Waals surface area contributed by atoms with Crippen molar-refractivity contribution in [2.45, 2.75) is 0 Å². The van der Waals surface area contributed by atoms with Crippen LogP contribution in [0.2, 0.25) is 0 Å². The molecule has 10 aromatic carbocycles. The monoisotopic (exact) mass is 788 g/mol. The van der Waals surface area contributed by atoms with Crippen LogP contribution in [0.1, 0.15) is 0 Å². The lowest BCUT2D eigenvalue weighted by Crippen LogP contribution is -2.00. The summed E-state index contributed by atoms with van der Waals surface area (Å²) in [6.45, 7) is 0. The Morgan fingerprint density at radius 1 is 0.290 bits per heavy atom. The lowest BCUT2D eigenvalue weighted by Gasteiger charge is -2.17. The third-order valence-electron chi connectivity index (χ3n) is 12.7. The Morgan fingerprint density at radius 3 is 1.55 bits per heavy atom. The van der Waals surface area contributed by atoms with Crippen molar-refractivity contribution in [3.63, 3.8) is 0 Å². The molecule has 0 aliphatic carbocycles. The topological polar surface area (TPSA) is 35.6 Å². The first-order valence-corrected chi connectivity index (χ1v) is 21.2. The van der Waals surface area contributed by atoms with E-state index >= 15 is 0 Å². The van der Waals surface area contributed by atoms with Crippen molar-refractivity contribution in [3.8, 4) is 45.0 Å². The molecule has 0 saturated heterocycles. The van der Waals surface area contributed by atoms with Crippen LogP contribution in [0, 0.1) is 0 Å². The second-order valence-corrected chi connectivity index (χ2v) is 16.1. The second kappa shape index (κ2) is 13.6. The third kappa shape index (κ3) is 5.20. The first kappa shape index (κ1) is 34.5. The minimum absolute atomic E-state index is 0.861. The summed E-state index contributed by atoms with van der Waals surface area (Å²) >= 11 is 0. The highest BCUT2D eigenvalue weighted by Crippen LogP contribution is 2.44. The molecule has 0 unspecified atom stereocenters. The van der Waals surface area contributed by atoms with E-state index in [0.717, 1.165) is 66.7 Å². The predicted octanol–water partition coefficient (Wildman–Crippen LogP) is 15.1. The molecule has 0 aliphatic rings. The first-order chi connectivity index (χ1) is 30.8. The minimum atomic E-state index is 0.861. The summed E-state index contributed by atoms with van der Waals surface area (Å²) < 4.78 is 4.94. The summed E-state index contributed by atoms with van der Waals surface area (Å²) in [5.74, 6) is 0. The first-order valence-electron chi connectivity index (χ1n) is 21.2. The Morgan fingerprint density at radius 2 is 0.823 bits per heavy atom. The normalized spacial score (nSPS) is 11.9. The highest BCUT2D eigenvalue weighted by molar-refractivity contribution is 6.19. The summed E-state index contributed by atoms with van der Waals surface area (Å²) in [4.78, 5) is 10.7. The standard InChI is InChI=1S/C58H36N4/c1-2-15-37(16-3-1)38-29-31-39(32-30-38)57-58(60-49-24-11-10-23-48(49)59-57)46-33-34-52(43-20-7-6-19-42(43)46)62-54-28-14-27-53(56(54)47-35-40-17-4-5-18-41(40)36-55(47)62)61-50-25-12-8-21-44(50)45-22-9-13-26-51(45)61/h1-36H. The fourth-order valence-electron chi connectivity index (χ4n) is 9.89. The number of fused-ring (bicyclic) bond motifs is 9. The van der Waals surface area contributed by atoms with Crippen molar-refractivity contribution in [2.75, 3.05) is 0 Å². The van der Waals surface area contributed by atoms with Crippen molar-refractivity contribution >= 4 is 76.2 Å². The Kier molecular flexibility index (Phi) is 7.57. The van der Waals surface area contributed by atoms with Gasteiger partial charge in [0.05, 0.1) is 55.9 Å². The van der Waals surface area contributed by atoms with Crippen molar-refractivity contribution in [1.82, 2.24) is 19.1 Å². The minimum Gasteiger partial charge on any atom is -0.309 e. The number of para-hydroxylation sites is 4. The van der Waals surface area contributed by atoms with E-state index in [1.165, 1.54) is 54.5 Å². The molecule has 0 aliphatic heterocycles. The average Bonchev–Trinajstić information content (AvgIpc) is 3.85. The van der Waals surface area contributed by atoms with Gasteiger partial charge in [-0.15, -0.1) is 0 Å². The zero-order chi connectivity index (χ0) is 40.7. The number of aromatic nitrogens is 4. The summed E-state index contributed by atoms with van der Waals surface area (Å²) in [5.41, 5.74) is 14.9. The molecule has 0 radical (unpaired) electrons. The summed E-state index contributed by atoms with van der Waals surface area (Å²) in [7, 11) is 0. The van der Waals surface area contributed by atoms with Crippen LogP contribution in [-0.2, 0) is 0 Å². The van der Waals surface area contributed by atoms with E-state index in [0.29, 0.717) is 0 Å². The van der Waals surface area contributed by atoms with Gasteiger partial charge in [-0.1, -0.05) is 158 Å². The number of hydrogen-bond acceptors (Lipinski definition) is 2. The fraction of sp³-hybridized carbons (Fsp3) is 0. The molecular formula is C58H36N4. The van der Waals surface area contributed by atoms with Gasteiger partial charge in [-0.2, -0.15) is 0 Å². The maximum atomic E-state index is 5.40. The van der Waals surface area contributed by atoms with Gasteiger partial charge in [0, 0.05) is 38.1 Å². The van der Waals surface area contributed by atoms with E-state index < -0.39 is 0 Å². The highest BCUT2D eigenvalue weighted by Gasteiger charge is 2.23. The van der Waals surface area contributed by atoms with Crippen LogP contribution in [0.15, 0.2) is 218 Å². The van der Waals surface area contributed by atoms with Crippen LogP contribution < -0.4 is 0 Å². The molecule has 0 amide bonds. The van der Waals surface area contributed by atoms with Gasteiger partial charge < -0.3 is 9.13 Å². The van der Waals surface area contributed by atoms with Crippen LogP contribution in [0.25, 0.3) is 121 Å². The van der Waals surface area contributed by atoms with Gasteiger partial charge in [-0.05, 0) is 87.9 Å². The SMILES string of the molecule is c1ccc(-c2ccc(-c3nc4ccccc4nc3-c3ccc(-n4c5cc6ccccc6cc5c5c(-n6c7ccccc7c7ccccc76)cccc54)c4ccccc34)cc2)cc1. The zero-order valence-electron chi connectivity index (χ0n) is 33.6. The van der Waals surface area contributed by atoms with Gasteiger partial charge in [-0.25, -0.2) is 9.97 Å². The molecule has 4 nitrogen and oxygen atoms in total. The molecule has 13 rings (SSSR count). The summed E-state index contributed by atoms with van der Waals surface area (Å²) in [6.07, 6.45) is 0. The highest BCUT2D eigenvalue weighted by atomic mass is 15.0. The number of hydrogen-bond donors (Lipinski definition) is 0. The molecule has 0 bridgehead atoms. The van der Waals surface area contributed by atoms with Crippen LogP contribution in [0.3, 0.4) is 0 Å². The smallest absolute Gasteiger partial charge is 0.0979 e. The number of nitrogens with zero attached hydrogens (tertiary/aromatic N) is 4. The molecule has 288 valence electrons. The van der Waals surface area contributed by atoms with Crippen LogP contribution in [0.5, 0.6) is 0 Å². The Labute approximate surface area is 357 Å². The molecule has 0 saturated carbocycles. The maximum absolute atomic E-state index is 5.40. The van der Waals surface area contributed by atoms with Crippen LogP contribution in [0.4, 0.5) is 0 Å². The van der Waals surface area contributed by atoms with Gasteiger partial charge in [0.25, 0.3) is 0 Å². The average molecular weight is 789 g/mol. The lowest BCUT2D eigenvalue weighted by molar-refractivity contribution is 1.18. The molecule has 4 heteroatoms. The van der Waals surface area contributed by atoms with Crippen LogP contribution >= 0.6 is 0 Å². The van der Waals surface area contributed by atoms with Crippen molar-refractivity contribution in [2.24, 2.45) is 0 Å². The number of rotatable bonds is 5. The van der Waals surface area contributed by atoms with Gasteiger partial charge in [0.1, 0.15) is 0 Å². The van der Waals surface area contributed by atoms with Gasteiger partial charge in [0.15, 0.2) is 0 Å². The van der Waals surface area contributed by atoms with Crippen molar-refractivity contribution in [3.05, 3.63) is 218 Å². The molecule has 3 heterocycles. The van der Waals surface area contributed by atoms with Gasteiger partial charge in [0.2, 0.25) is 0 Å². The molecule has 0 atom stereocenters. The Hall–Kier alpha value is -8.34. The lowest BCUT2D eigenvalue weighted by atomic mass is 9.96. The van der Waals surface area contributed by atoms with Gasteiger partial charge in [-0.3, -0.25) is 0 Å². The predicted molar refractivity (Wildman–Crippen MR) is 260 cm³/mol. The maximum Gasteiger partial charge on any atom is 0.0979 e. The Balaban J connectivity index is 1.08. The molecular weight excluding hydrogens is 753 g/mol. The zero-order valence-corrected chi connectivity index (χ0v) is 33.6. The molecule has 0 fully saturated rings. The second-order valence-electron chi connectivity index (χ2n) is 16.1. The third-order valence-corrected chi connectivity index (χ3v) is 12.7. The van der Waals surface area contributed by atoms with E-state index in [2.05, 4.69) is 215 Å². The summed E-state index contributed by atoms with van der Waals surface area (Å²) in [5, 5.41) is 9.61. The van der Waals surface area contributed by atoms with Crippen molar-refractivity contribution in [1.29, 1.82) is 0 Å². The van der Waals surface area contributed by atoms with Crippen LogP contribution in [-0.4, -0.2) is 19.1 Å². The quantitative estimate of drug-likeness (QED) is 0.174. The van der Waals surface area contributed by atoms with E-state index in [-0.39, 0.29) is 0 Å². The molecule has 3 aromatic heterocycles. The van der Waals surface area contributed by atoms with E-state index in [1.54, 1.807) is 0 Å². The Bertz CT molecular complexity index is 3860. The number of benzene rings is 10. The van der Waals surface area contributed by atoms with Gasteiger partial charge >= 0.3 is 0 Å². The van der Waals surface area contributed by atoms with Crippen molar-refractivity contribution < 1.29 is 0 Å². The largest absolute Gasteiger partial charge is 0.309 e. The molecule has 62 heavy (non-hydrogen) atoms.